The smallest absolute Gasteiger partial charge is 0.307 e. The molecule has 0 aliphatic carbocycles. The van der Waals surface area contributed by atoms with Gasteiger partial charge in [-0.05, 0) is 43.5 Å². The van der Waals surface area contributed by atoms with Crippen LogP contribution in [-0.2, 0) is 14.8 Å². The second-order valence-corrected chi connectivity index (χ2v) is 7.07. The molecule has 1 saturated heterocycles. The number of carbonyl (C=O) groups is 1. The van der Waals surface area contributed by atoms with Crippen LogP contribution in [-0.4, -0.2) is 36.9 Å². The molecule has 0 bridgehead atoms. The first-order valence-electron chi connectivity index (χ1n) is 6.60. The molecular weight excluding hydrogens is 292 g/mol. The van der Waals surface area contributed by atoms with Crippen LogP contribution in [0.4, 0.5) is 0 Å². The molecule has 6 nitrogen and oxygen atoms in total. The summed E-state index contributed by atoms with van der Waals surface area (Å²) < 4.78 is 26.3. The van der Waals surface area contributed by atoms with E-state index in [1.165, 1.54) is 22.5 Å². The van der Waals surface area contributed by atoms with Gasteiger partial charge in [0.25, 0.3) is 0 Å². The molecule has 1 N–H and O–H groups in total. The first-order chi connectivity index (χ1) is 9.86. The highest BCUT2D eigenvalue weighted by Gasteiger charge is 2.33. The lowest BCUT2D eigenvalue weighted by Gasteiger charge is -2.29. The summed E-state index contributed by atoms with van der Waals surface area (Å²) in [4.78, 5) is 11.1. The maximum absolute atomic E-state index is 12.6. The minimum Gasteiger partial charge on any atom is -0.481 e. The topological polar surface area (TPSA) is 98.5 Å². The Kier molecular flexibility index (Phi) is 4.30. The molecule has 0 saturated carbocycles. The maximum Gasteiger partial charge on any atom is 0.307 e. The van der Waals surface area contributed by atoms with Crippen molar-refractivity contribution in [2.45, 2.75) is 24.7 Å². The van der Waals surface area contributed by atoms with Crippen LogP contribution >= 0.6 is 0 Å². The number of benzene rings is 1. The molecule has 1 atom stereocenters. The first-order valence-corrected chi connectivity index (χ1v) is 8.04. The van der Waals surface area contributed by atoms with Crippen molar-refractivity contribution >= 4 is 16.0 Å². The molecule has 1 aliphatic heterocycles. The van der Waals surface area contributed by atoms with E-state index in [1.807, 2.05) is 6.07 Å². The number of piperidine rings is 1. The molecule has 1 aromatic rings. The van der Waals surface area contributed by atoms with Gasteiger partial charge in [0.15, 0.2) is 0 Å². The normalized spacial score (nSPS) is 19.9. The monoisotopic (exact) mass is 308 g/mol. The SMILES string of the molecule is Cc1cc(S(=O)(=O)N2CCC[C@@H](C(=O)O)C2)ccc1C#N. The van der Waals surface area contributed by atoms with E-state index in [1.54, 1.807) is 6.92 Å². The summed E-state index contributed by atoms with van der Waals surface area (Å²) in [5.74, 6) is -1.63. The van der Waals surface area contributed by atoms with Gasteiger partial charge in [0, 0.05) is 13.1 Å². The average Bonchev–Trinajstić information content (AvgIpc) is 2.47. The molecule has 0 aromatic heterocycles. The van der Waals surface area contributed by atoms with Crippen molar-refractivity contribution in [1.82, 2.24) is 4.31 Å². The number of nitriles is 1. The number of carboxylic acid groups (broad SMARTS) is 1. The van der Waals surface area contributed by atoms with Crippen LogP contribution in [0.2, 0.25) is 0 Å². The predicted octanol–water partition coefficient (Wildman–Crippen LogP) is 1.35. The third kappa shape index (κ3) is 3.06. The molecular formula is C14H16N2O4S. The summed E-state index contributed by atoms with van der Waals surface area (Å²) >= 11 is 0. The maximum atomic E-state index is 12.6. The minimum absolute atomic E-state index is 0.00326. The lowest BCUT2D eigenvalue weighted by Crippen LogP contribution is -2.42. The van der Waals surface area contributed by atoms with Gasteiger partial charge in [-0.25, -0.2) is 8.42 Å². The number of aliphatic carboxylic acids is 1. The molecule has 1 aliphatic rings. The minimum atomic E-state index is -3.72. The number of sulfonamides is 1. The van der Waals surface area contributed by atoms with Crippen LogP contribution in [0.25, 0.3) is 0 Å². The fourth-order valence-corrected chi connectivity index (χ4v) is 4.04. The molecule has 0 radical (unpaired) electrons. The molecule has 1 aromatic carbocycles. The van der Waals surface area contributed by atoms with E-state index in [2.05, 4.69) is 0 Å². The van der Waals surface area contributed by atoms with Gasteiger partial charge < -0.3 is 5.11 Å². The summed E-state index contributed by atoms with van der Waals surface area (Å²) in [6, 6.07) is 6.31. The van der Waals surface area contributed by atoms with Crippen molar-refractivity contribution in [1.29, 1.82) is 5.26 Å². The van der Waals surface area contributed by atoms with E-state index in [0.29, 0.717) is 30.5 Å². The fourth-order valence-electron chi connectivity index (χ4n) is 2.43. The summed E-state index contributed by atoms with van der Waals surface area (Å²) in [6.07, 6.45) is 1.03. The molecule has 2 rings (SSSR count). The zero-order chi connectivity index (χ0) is 15.6. The Hall–Kier alpha value is -1.91. The lowest BCUT2D eigenvalue weighted by atomic mass is 10.0. The largest absolute Gasteiger partial charge is 0.481 e. The number of carboxylic acids is 1. The Bertz CT molecular complexity index is 706. The number of hydrogen-bond acceptors (Lipinski definition) is 4. The third-order valence-corrected chi connectivity index (χ3v) is 5.55. The van der Waals surface area contributed by atoms with Crippen molar-refractivity contribution in [2.24, 2.45) is 5.92 Å². The summed E-state index contributed by atoms with van der Waals surface area (Å²) in [5, 5.41) is 17.9. The van der Waals surface area contributed by atoms with Gasteiger partial charge >= 0.3 is 5.97 Å². The Morgan fingerprint density at radius 1 is 1.48 bits per heavy atom. The van der Waals surface area contributed by atoms with Crippen LogP contribution in [0.1, 0.15) is 24.0 Å². The van der Waals surface area contributed by atoms with Crippen molar-refractivity contribution in [3.05, 3.63) is 29.3 Å². The standard InChI is InChI=1S/C14H16N2O4S/c1-10-7-13(5-4-11(10)8-15)21(19,20)16-6-2-3-12(9-16)14(17)18/h4-5,7,12H,2-3,6,9H2,1H3,(H,17,18)/t12-/m1/s1. The van der Waals surface area contributed by atoms with Gasteiger partial charge in [-0.1, -0.05) is 0 Å². The highest BCUT2D eigenvalue weighted by Crippen LogP contribution is 2.25. The van der Waals surface area contributed by atoms with Gasteiger partial charge in [0.05, 0.1) is 22.4 Å². The molecule has 21 heavy (non-hydrogen) atoms. The number of aryl methyl sites for hydroxylation is 1. The Labute approximate surface area is 123 Å². The molecule has 0 amide bonds. The Morgan fingerprint density at radius 3 is 2.76 bits per heavy atom. The van der Waals surface area contributed by atoms with Gasteiger partial charge in [-0.3, -0.25) is 4.79 Å². The quantitative estimate of drug-likeness (QED) is 0.908. The van der Waals surface area contributed by atoms with Crippen LogP contribution < -0.4 is 0 Å². The number of rotatable bonds is 3. The molecule has 1 fully saturated rings. The van der Waals surface area contributed by atoms with Crippen molar-refractivity contribution in [3.63, 3.8) is 0 Å². The second kappa shape index (κ2) is 5.84. The molecule has 112 valence electrons. The van der Waals surface area contributed by atoms with Crippen molar-refractivity contribution in [2.75, 3.05) is 13.1 Å². The molecule has 1 heterocycles. The number of nitrogens with zero attached hydrogens (tertiary/aromatic N) is 2. The predicted molar refractivity (Wildman–Crippen MR) is 75.0 cm³/mol. The molecule has 7 heteroatoms. The summed E-state index contributed by atoms with van der Waals surface area (Å²) in [6.45, 7) is 2.00. The van der Waals surface area contributed by atoms with Crippen molar-refractivity contribution < 1.29 is 18.3 Å². The van der Waals surface area contributed by atoms with E-state index < -0.39 is 21.9 Å². The van der Waals surface area contributed by atoms with Gasteiger partial charge in [-0.2, -0.15) is 9.57 Å². The van der Waals surface area contributed by atoms with E-state index in [9.17, 15) is 13.2 Å². The molecule has 0 spiro atoms. The average molecular weight is 308 g/mol. The summed E-state index contributed by atoms with van der Waals surface area (Å²) in [5.41, 5.74) is 1.02. The number of hydrogen-bond donors (Lipinski definition) is 1. The van der Waals surface area contributed by atoms with Gasteiger partial charge in [0.2, 0.25) is 10.0 Å². The van der Waals surface area contributed by atoms with E-state index in [4.69, 9.17) is 10.4 Å². The van der Waals surface area contributed by atoms with Crippen LogP contribution in [0.3, 0.4) is 0 Å². The Balaban J connectivity index is 2.32. The highest BCUT2D eigenvalue weighted by atomic mass is 32.2. The first kappa shape index (κ1) is 15.5. The zero-order valence-electron chi connectivity index (χ0n) is 11.6. The van der Waals surface area contributed by atoms with E-state index in [-0.39, 0.29) is 11.4 Å². The highest BCUT2D eigenvalue weighted by molar-refractivity contribution is 7.89. The summed E-state index contributed by atoms with van der Waals surface area (Å²) in [7, 11) is -3.72. The van der Waals surface area contributed by atoms with Gasteiger partial charge in [-0.15, -0.1) is 0 Å². The lowest BCUT2D eigenvalue weighted by molar-refractivity contribution is -0.142. The molecule has 0 unspecified atom stereocenters. The van der Waals surface area contributed by atoms with Crippen LogP contribution in [0, 0.1) is 24.2 Å². The van der Waals surface area contributed by atoms with Gasteiger partial charge in [0.1, 0.15) is 0 Å². The van der Waals surface area contributed by atoms with Crippen LogP contribution in [0.15, 0.2) is 23.1 Å². The van der Waals surface area contributed by atoms with E-state index in [0.717, 1.165) is 0 Å². The van der Waals surface area contributed by atoms with Crippen LogP contribution in [0.5, 0.6) is 0 Å². The Morgan fingerprint density at radius 2 is 2.19 bits per heavy atom. The second-order valence-electron chi connectivity index (χ2n) is 5.13. The third-order valence-electron chi connectivity index (χ3n) is 3.69. The van der Waals surface area contributed by atoms with Crippen molar-refractivity contribution in [3.8, 4) is 6.07 Å². The fraction of sp³-hybridized carbons (Fsp3) is 0.429. The van der Waals surface area contributed by atoms with E-state index >= 15 is 0 Å². The zero-order valence-corrected chi connectivity index (χ0v) is 12.4.